The highest BCUT2D eigenvalue weighted by Gasteiger charge is 2.25. The Hall–Kier alpha value is -0.780. The number of alkyl halides is 1. The highest BCUT2D eigenvalue weighted by Crippen LogP contribution is 2.19. The zero-order valence-electron chi connectivity index (χ0n) is 10.7. The van der Waals surface area contributed by atoms with Gasteiger partial charge in [0.1, 0.15) is 0 Å². The Kier molecular flexibility index (Phi) is 5.91. The number of hydrogen-bond donors (Lipinski definition) is 0. The average Bonchev–Trinajstić information content (AvgIpc) is 2.37. The molecule has 0 aromatic heterocycles. The van der Waals surface area contributed by atoms with Gasteiger partial charge in [-0.1, -0.05) is 18.2 Å². The molecule has 0 atom stereocenters. The molecule has 0 fully saturated rings. The number of anilines is 1. The molecule has 102 valence electrons. The molecule has 0 bridgehead atoms. The van der Waals surface area contributed by atoms with E-state index in [1.54, 1.807) is 19.2 Å². The van der Waals surface area contributed by atoms with Crippen molar-refractivity contribution in [1.82, 2.24) is 4.31 Å². The number of para-hydroxylation sites is 1. The number of halogens is 1. The number of hydrogen-bond acceptors (Lipinski definition) is 2. The van der Waals surface area contributed by atoms with Crippen LogP contribution in [0.3, 0.4) is 0 Å². The second kappa shape index (κ2) is 6.97. The molecule has 0 saturated carbocycles. The van der Waals surface area contributed by atoms with Crippen molar-refractivity contribution in [3.8, 4) is 0 Å². The van der Waals surface area contributed by atoms with Gasteiger partial charge in [-0.3, -0.25) is 4.31 Å². The summed E-state index contributed by atoms with van der Waals surface area (Å²) in [4.78, 5) is 0. The molecule has 0 aliphatic rings. The third kappa shape index (κ3) is 3.60. The van der Waals surface area contributed by atoms with Crippen LogP contribution in [0.5, 0.6) is 0 Å². The van der Waals surface area contributed by atoms with E-state index in [2.05, 4.69) is 0 Å². The molecule has 0 N–H and O–H groups in total. The number of benzene rings is 1. The van der Waals surface area contributed by atoms with E-state index in [9.17, 15) is 8.42 Å². The lowest BCUT2D eigenvalue weighted by Gasteiger charge is -2.28. The molecule has 4 nitrogen and oxygen atoms in total. The van der Waals surface area contributed by atoms with Gasteiger partial charge >= 0.3 is 10.2 Å². The largest absolute Gasteiger partial charge is 0.303 e. The molecule has 1 rings (SSSR count). The average molecular weight is 291 g/mol. The smallest absolute Gasteiger partial charge is 0.258 e. The third-order valence-corrected chi connectivity index (χ3v) is 4.87. The van der Waals surface area contributed by atoms with Crippen molar-refractivity contribution < 1.29 is 8.42 Å². The minimum absolute atomic E-state index is 0.400. The number of rotatable bonds is 7. The SMILES string of the molecule is CCN(c1ccccc1)S(=O)(=O)N(C)CCCCl. The molecule has 0 aliphatic heterocycles. The zero-order valence-corrected chi connectivity index (χ0v) is 12.3. The van der Waals surface area contributed by atoms with E-state index in [-0.39, 0.29) is 0 Å². The summed E-state index contributed by atoms with van der Waals surface area (Å²) in [6.45, 7) is 2.65. The van der Waals surface area contributed by atoms with E-state index < -0.39 is 10.2 Å². The van der Waals surface area contributed by atoms with Crippen LogP contribution in [0.15, 0.2) is 30.3 Å². The molecule has 0 radical (unpaired) electrons. The lowest BCUT2D eigenvalue weighted by Crippen LogP contribution is -2.42. The van der Waals surface area contributed by atoms with E-state index in [1.165, 1.54) is 8.61 Å². The highest BCUT2D eigenvalue weighted by molar-refractivity contribution is 7.90. The maximum absolute atomic E-state index is 12.4. The lowest BCUT2D eigenvalue weighted by atomic mass is 10.3. The summed E-state index contributed by atoms with van der Waals surface area (Å²) < 4.78 is 27.5. The Balaban J connectivity index is 2.94. The Bertz CT molecular complexity index is 450. The van der Waals surface area contributed by atoms with E-state index in [0.29, 0.717) is 31.1 Å². The molecular formula is C12H19ClN2O2S. The fraction of sp³-hybridized carbons (Fsp3) is 0.500. The Morgan fingerprint density at radius 3 is 2.33 bits per heavy atom. The quantitative estimate of drug-likeness (QED) is 0.723. The van der Waals surface area contributed by atoms with E-state index >= 15 is 0 Å². The van der Waals surface area contributed by atoms with Gasteiger partial charge in [0.25, 0.3) is 0 Å². The summed E-state index contributed by atoms with van der Waals surface area (Å²) in [5, 5.41) is 0. The first-order valence-corrected chi connectivity index (χ1v) is 7.82. The van der Waals surface area contributed by atoms with Crippen LogP contribution < -0.4 is 4.31 Å². The maximum atomic E-state index is 12.4. The van der Waals surface area contributed by atoms with Crippen LogP contribution in [-0.2, 0) is 10.2 Å². The van der Waals surface area contributed by atoms with E-state index in [4.69, 9.17) is 11.6 Å². The Morgan fingerprint density at radius 1 is 1.22 bits per heavy atom. The summed E-state index contributed by atoms with van der Waals surface area (Å²) in [5.41, 5.74) is 0.678. The van der Waals surface area contributed by atoms with E-state index in [0.717, 1.165) is 0 Å². The third-order valence-electron chi connectivity index (χ3n) is 2.61. The van der Waals surface area contributed by atoms with Crippen LogP contribution >= 0.6 is 11.6 Å². The molecule has 0 unspecified atom stereocenters. The predicted molar refractivity (Wildman–Crippen MR) is 76.3 cm³/mol. The fourth-order valence-electron chi connectivity index (χ4n) is 1.64. The van der Waals surface area contributed by atoms with Gasteiger partial charge in [-0.15, -0.1) is 11.6 Å². The minimum atomic E-state index is -3.47. The van der Waals surface area contributed by atoms with Crippen LogP contribution in [0.2, 0.25) is 0 Å². The zero-order chi connectivity index (χ0) is 13.6. The first-order chi connectivity index (χ1) is 8.54. The molecule has 1 aromatic carbocycles. The summed E-state index contributed by atoms with van der Waals surface area (Å²) >= 11 is 5.59. The van der Waals surface area contributed by atoms with Crippen LogP contribution in [-0.4, -0.2) is 38.7 Å². The molecule has 0 saturated heterocycles. The molecule has 0 spiro atoms. The van der Waals surface area contributed by atoms with Gasteiger partial charge in [0.05, 0.1) is 5.69 Å². The van der Waals surface area contributed by atoms with Crippen molar-refractivity contribution in [3.63, 3.8) is 0 Å². The maximum Gasteiger partial charge on any atom is 0.303 e. The molecule has 0 amide bonds. The molecular weight excluding hydrogens is 272 g/mol. The monoisotopic (exact) mass is 290 g/mol. The lowest BCUT2D eigenvalue weighted by molar-refractivity contribution is 0.466. The van der Waals surface area contributed by atoms with E-state index in [1.807, 2.05) is 25.1 Å². The van der Waals surface area contributed by atoms with Gasteiger partial charge < -0.3 is 0 Å². The summed E-state index contributed by atoms with van der Waals surface area (Å²) in [7, 11) is -1.89. The normalized spacial score (nSPS) is 11.8. The summed E-state index contributed by atoms with van der Waals surface area (Å²) in [5.74, 6) is 0.456. The first-order valence-electron chi connectivity index (χ1n) is 5.89. The number of nitrogens with zero attached hydrogens (tertiary/aromatic N) is 2. The highest BCUT2D eigenvalue weighted by atomic mass is 35.5. The predicted octanol–water partition coefficient (Wildman–Crippen LogP) is 2.32. The Labute approximate surface area is 114 Å². The van der Waals surface area contributed by atoms with Crippen molar-refractivity contribution in [2.24, 2.45) is 0 Å². The van der Waals surface area contributed by atoms with Gasteiger partial charge in [0.15, 0.2) is 0 Å². The van der Waals surface area contributed by atoms with Gasteiger partial charge in [0, 0.05) is 26.0 Å². The van der Waals surface area contributed by atoms with Crippen LogP contribution in [0.1, 0.15) is 13.3 Å². The molecule has 0 aliphatic carbocycles. The van der Waals surface area contributed by atoms with Crippen molar-refractivity contribution >= 4 is 27.5 Å². The molecule has 18 heavy (non-hydrogen) atoms. The topological polar surface area (TPSA) is 40.6 Å². The minimum Gasteiger partial charge on any atom is -0.258 e. The molecule has 6 heteroatoms. The standard InChI is InChI=1S/C12H19ClN2O2S/c1-3-15(12-8-5-4-6-9-12)18(16,17)14(2)11-7-10-13/h4-6,8-9H,3,7,10-11H2,1-2H3. The van der Waals surface area contributed by atoms with Crippen LogP contribution in [0.25, 0.3) is 0 Å². The first kappa shape index (κ1) is 15.3. The van der Waals surface area contributed by atoms with Crippen molar-refractivity contribution in [3.05, 3.63) is 30.3 Å². The summed E-state index contributed by atoms with van der Waals surface area (Å²) in [6, 6.07) is 9.09. The van der Waals surface area contributed by atoms with Crippen LogP contribution in [0.4, 0.5) is 5.69 Å². The van der Waals surface area contributed by atoms with Crippen molar-refractivity contribution in [2.75, 3.05) is 30.3 Å². The van der Waals surface area contributed by atoms with Gasteiger partial charge in [-0.25, -0.2) is 0 Å². The molecule has 0 heterocycles. The second-order valence-corrected chi connectivity index (χ2v) is 6.21. The second-order valence-electron chi connectivity index (χ2n) is 3.87. The van der Waals surface area contributed by atoms with Gasteiger partial charge in [-0.05, 0) is 25.5 Å². The fourth-order valence-corrected chi connectivity index (χ4v) is 3.17. The summed E-state index contributed by atoms with van der Waals surface area (Å²) in [6.07, 6.45) is 0.642. The van der Waals surface area contributed by atoms with Crippen LogP contribution in [0, 0.1) is 0 Å². The van der Waals surface area contributed by atoms with Crippen molar-refractivity contribution in [2.45, 2.75) is 13.3 Å². The Morgan fingerprint density at radius 2 is 1.83 bits per heavy atom. The molecule has 1 aromatic rings. The van der Waals surface area contributed by atoms with Crippen molar-refractivity contribution in [1.29, 1.82) is 0 Å². The van der Waals surface area contributed by atoms with Gasteiger partial charge in [-0.2, -0.15) is 12.7 Å². The van der Waals surface area contributed by atoms with Gasteiger partial charge in [0.2, 0.25) is 0 Å².